The Bertz CT molecular complexity index is 687. The van der Waals surface area contributed by atoms with Crippen LogP contribution in [-0.2, 0) is 19.1 Å². The molecule has 1 atom stereocenters. The number of carbonyl (C=O) groups excluding carboxylic acids is 3. The molecule has 1 unspecified atom stereocenters. The zero-order chi connectivity index (χ0) is 18.4. The molecule has 1 heterocycles. The van der Waals surface area contributed by atoms with Gasteiger partial charge in [-0.25, -0.2) is 0 Å². The first kappa shape index (κ1) is 18.7. The zero-order valence-corrected chi connectivity index (χ0v) is 14.5. The summed E-state index contributed by atoms with van der Waals surface area (Å²) in [6.45, 7) is 6.29. The third kappa shape index (κ3) is 4.90. The van der Waals surface area contributed by atoms with E-state index in [0.717, 1.165) is 5.56 Å². The Morgan fingerprint density at radius 2 is 2.16 bits per heavy atom. The second kappa shape index (κ2) is 8.43. The number of hydrogen-bond acceptors (Lipinski definition) is 4. The normalized spacial score (nSPS) is 16.6. The molecule has 1 saturated heterocycles. The molecule has 1 fully saturated rings. The van der Waals surface area contributed by atoms with E-state index in [1.54, 1.807) is 29.2 Å². The molecule has 2 rings (SSSR count). The monoisotopic (exact) mass is 345 g/mol. The first-order valence-corrected chi connectivity index (χ1v) is 8.03. The van der Waals surface area contributed by atoms with Crippen LogP contribution in [0.15, 0.2) is 30.9 Å². The van der Waals surface area contributed by atoms with Crippen molar-refractivity contribution < 1.29 is 19.1 Å². The van der Waals surface area contributed by atoms with Crippen LogP contribution in [0.4, 0.5) is 11.4 Å². The molecule has 1 aromatic carbocycles. The van der Waals surface area contributed by atoms with E-state index >= 15 is 0 Å². The van der Waals surface area contributed by atoms with Gasteiger partial charge in [0.05, 0.1) is 5.92 Å². The van der Waals surface area contributed by atoms with Crippen LogP contribution in [0, 0.1) is 12.8 Å². The predicted octanol–water partition coefficient (Wildman–Crippen LogP) is 1.55. The van der Waals surface area contributed by atoms with Crippen LogP contribution < -0.4 is 10.6 Å². The highest BCUT2D eigenvalue weighted by atomic mass is 16.5. The van der Waals surface area contributed by atoms with Crippen molar-refractivity contribution >= 4 is 29.1 Å². The summed E-state index contributed by atoms with van der Waals surface area (Å²) in [5, 5.41) is 5.57. The molecule has 0 saturated carbocycles. The molecule has 2 N–H and O–H groups in total. The molecule has 0 aromatic heterocycles. The van der Waals surface area contributed by atoms with Gasteiger partial charge in [0.15, 0.2) is 0 Å². The second-order valence-electron chi connectivity index (χ2n) is 5.99. The molecule has 25 heavy (non-hydrogen) atoms. The van der Waals surface area contributed by atoms with E-state index in [-0.39, 0.29) is 36.7 Å². The van der Waals surface area contributed by atoms with Crippen molar-refractivity contribution in [2.75, 3.05) is 37.4 Å². The molecule has 1 aromatic rings. The summed E-state index contributed by atoms with van der Waals surface area (Å²) < 4.78 is 4.78. The Morgan fingerprint density at radius 1 is 1.40 bits per heavy atom. The van der Waals surface area contributed by atoms with E-state index in [9.17, 15) is 14.4 Å². The molecule has 7 heteroatoms. The number of benzene rings is 1. The number of methoxy groups -OCH3 is 1. The lowest BCUT2D eigenvalue weighted by Gasteiger charge is -2.15. The van der Waals surface area contributed by atoms with Gasteiger partial charge in [-0.1, -0.05) is 6.08 Å². The van der Waals surface area contributed by atoms with Crippen LogP contribution in [0.5, 0.6) is 0 Å². The summed E-state index contributed by atoms with van der Waals surface area (Å²) in [7, 11) is 1.45. The molecule has 134 valence electrons. The zero-order valence-electron chi connectivity index (χ0n) is 14.5. The summed E-state index contributed by atoms with van der Waals surface area (Å²) in [5.74, 6) is -0.828. The minimum atomic E-state index is -0.367. The summed E-state index contributed by atoms with van der Waals surface area (Å²) >= 11 is 0. The van der Waals surface area contributed by atoms with E-state index < -0.39 is 0 Å². The number of ether oxygens (including phenoxy) is 1. The second-order valence-corrected chi connectivity index (χ2v) is 5.99. The molecular weight excluding hydrogens is 322 g/mol. The van der Waals surface area contributed by atoms with Gasteiger partial charge in [0.25, 0.3) is 0 Å². The number of carbonyl (C=O) groups is 3. The summed E-state index contributed by atoms with van der Waals surface area (Å²) in [6, 6.07) is 5.21. The molecule has 1 aliphatic heterocycles. The Morgan fingerprint density at radius 3 is 2.80 bits per heavy atom. The first-order chi connectivity index (χ1) is 11.9. The van der Waals surface area contributed by atoms with Gasteiger partial charge in [-0.05, 0) is 30.7 Å². The van der Waals surface area contributed by atoms with Crippen molar-refractivity contribution in [2.24, 2.45) is 5.92 Å². The highest BCUT2D eigenvalue weighted by Gasteiger charge is 2.33. The van der Waals surface area contributed by atoms with Crippen LogP contribution >= 0.6 is 0 Å². The number of nitrogens with zero attached hydrogens (tertiary/aromatic N) is 1. The minimum Gasteiger partial charge on any atom is -0.375 e. The number of anilines is 2. The molecule has 0 aliphatic carbocycles. The van der Waals surface area contributed by atoms with Gasteiger partial charge >= 0.3 is 0 Å². The molecule has 0 spiro atoms. The number of likely N-dealkylation sites (tertiary alicyclic amines) is 1. The van der Waals surface area contributed by atoms with Crippen molar-refractivity contribution in [3.05, 3.63) is 36.4 Å². The summed E-state index contributed by atoms with van der Waals surface area (Å²) in [6.07, 6.45) is 1.86. The van der Waals surface area contributed by atoms with E-state index in [1.165, 1.54) is 7.11 Å². The molecule has 1 aliphatic rings. The van der Waals surface area contributed by atoms with Gasteiger partial charge < -0.3 is 20.3 Å². The van der Waals surface area contributed by atoms with Crippen molar-refractivity contribution in [2.45, 2.75) is 13.3 Å². The first-order valence-electron chi connectivity index (χ1n) is 8.03. The van der Waals surface area contributed by atoms with Crippen molar-refractivity contribution in [3.63, 3.8) is 0 Å². The largest absolute Gasteiger partial charge is 0.375 e. The number of hydrogen-bond donors (Lipinski definition) is 2. The molecule has 3 amide bonds. The maximum atomic E-state index is 12.4. The predicted molar refractivity (Wildman–Crippen MR) is 95.2 cm³/mol. The Hall–Kier alpha value is -2.67. The van der Waals surface area contributed by atoms with Crippen LogP contribution in [0.3, 0.4) is 0 Å². The van der Waals surface area contributed by atoms with Gasteiger partial charge in [0.1, 0.15) is 6.61 Å². The number of aryl methyl sites for hydroxylation is 1. The number of amides is 3. The van der Waals surface area contributed by atoms with Gasteiger partial charge in [-0.15, -0.1) is 6.58 Å². The molecule has 7 nitrogen and oxygen atoms in total. The van der Waals surface area contributed by atoms with Gasteiger partial charge in [-0.2, -0.15) is 0 Å². The molecule has 0 bridgehead atoms. The third-order valence-electron chi connectivity index (χ3n) is 3.98. The molecule has 0 radical (unpaired) electrons. The van der Waals surface area contributed by atoms with E-state index in [4.69, 9.17) is 4.74 Å². The van der Waals surface area contributed by atoms with E-state index in [2.05, 4.69) is 17.2 Å². The van der Waals surface area contributed by atoms with Crippen molar-refractivity contribution in [3.8, 4) is 0 Å². The SMILES string of the molecule is C=CCN1CC(C(=O)Nc2ccc(NC(=O)COC)c(C)c2)CC1=O. The van der Waals surface area contributed by atoms with E-state index in [0.29, 0.717) is 24.5 Å². The highest BCUT2D eigenvalue weighted by Crippen LogP contribution is 2.23. The molecular formula is C18H23N3O4. The van der Waals surface area contributed by atoms with Crippen LogP contribution in [-0.4, -0.2) is 49.4 Å². The Labute approximate surface area is 147 Å². The Balaban J connectivity index is 1.97. The van der Waals surface area contributed by atoms with Crippen molar-refractivity contribution in [1.82, 2.24) is 4.90 Å². The van der Waals surface area contributed by atoms with Crippen LogP contribution in [0.1, 0.15) is 12.0 Å². The lowest BCUT2D eigenvalue weighted by molar-refractivity contribution is -0.127. The maximum absolute atomic E-state index is 12.4. The highest BCUT2D eigenvalue weighted by molar-refractivity contribution is 5.98. The third-order valence-corrected chi connectivity index (χ3v) is 3.98. The van der Waals surface area contributed by atoms with Gasteiger partial charge in [-0.3, -0.25) is 14.4 Å². The van der Waals surface area contributed by atoms with Gasteiger partial charge in [0, 0.05) is 38.0 Å². The summed E-state index contributed by atoms with van der Waals surface area (Å²) in [5.41, 5.74) is 2.10. The number of rotatable bonds is 7. The lowest BCUT2D eigenvalue weighted by Crippen LogP contribution is -2.28. The fourth-order valence-electron chi connectivity index (χ4n) is 2.72. The minimum absolute atomic E-state index is 0.0190. The van der Waals surface area contributed by atoms with Crippen molar-refractivity contribution in [1.29, 1.82) is 0 Å². The summed E-state index contributed by atoms with van der Waals surface area (Å²) in [4.78, 5) is 37.4. The topological polar surface area (TPSA) is 87.7 Å². The average Bonchev–Trinajstić information content (AvgIpc) is 2.92. The standard InChI is InChI=1S/C18H23N3O4/c1-4-7-21-10-13(9-17(21)23)18(24)19-14-5-6-15(12(2)8-14)20-16(22)11-25-3/h4-6,8,13H,1,7,9-11H2,2-3H3,(H,19,24)(H,20,22). The van der Waals surface area contributed by atoms with Gasteiger partial charge in [0.2, 0.25) is 17.7 Å². The lowest BCUT2D eigenvalue weighted by atomic mass is 10.1. The fraction of sp³-hybridized carbons (Fsp3) is 0.389. The quantitative estimate of drug-likeness (QED) is 0.734. The smallest absolute Gasteiger partial charge is 0.250 e. The van der Waals surface area contributed by atoms with E-state index in [1.807, 2.05) is 6.92 Å². The van der Waals surface area contributed by atoms with Crippen LogP contribution in [0.25, 0.3) is 0 Å². The fourth-order valence-corrected chi connectivity index (χ4v) is 2.72. The Kier molecular flexibility index (Phi) is 6.30. The average molecular weight is 345 g/mol. The maximum Gasteiger partial charge on any atom is 0.250 e. The van der Waals surface area contributed by atoms with Crippen LogP contribution in [0.2, 0.25) is 0 Å². The number of nitrogens with one attached hydrogen (secondary N) is 2.